The van der Waals surface area contributed by atoms with Gasteiger partial charge in [-0.1, -0.05) is 29.8 Å². The molecular weight excluding hydrogens is 292 g/mol. The predicted octanol–water partition coefficient (Wildman–Crippen LogP) is 3.96. The van der Waals surface area contributed by atoms with Crippen LogP contribution in [0.5, 0.6) is 0 Å². The van der Waals surface area contributed by atoms with Crippen LogP contribution in [0.25, 0.3) is 0 Å². The normalized spacial score (nSPS) is 10.3. The van der Waals surface area contributed by atoms with Crippen LogP contribution < -0.4 is 11.1 Å². The molecule has 2 aromatic rings. The van der Waals surface area contributed by atoms with Crippen molar-refractivity contribution >= 4 is 40.6 Å². The lowest BCUT2D eigenvalue weighted by Crippen LogP contribution is -2.14. The number of hydrogen-bond donors (Lipinski definition) is 2. The summed E-state index contributed by atoms with van der Waals surface area (Å²) in [6.07, 6.45) is 0. The summed E-state index contributed by atoms with van der Waals surface area (Å²) in [6.45, 7) is 1.95. The molecule has 0 aliphatic heterocycles. The van der Waals surface area contributed by atoms with Gasteiger partial charge in [0.15, 0.2) is 0 Å². The standard InChI is InChI=1S/C15H15ClN2OS/c1-10-4-2-7-13(15(10)17)20-9-14(19)18-12-6-3-5-11(16)8-12/h2-8H,9,17H2,1H3,(H,18,19). The average Bonchev–Trinajstić information content (AvgIpc) is 2.40. The number of amides is 1. The van der Waals surface area contributed by atoms with Gasteiger partial charge in [-0.15, -0.1) is 11.8 Å². The van der Waals surface area contributed by atoms with E-state index in [4.69, 9.17) is 17.3 Å². The van der Waals surface area contributed by atoms with E-state index < -0.39 is 0 Å². The molecule has 0 aliphatic carbocycles. The zero-order valence-corrected chi connectivity index (χ0v) is 12.6. The van der Waals surface area contributed by atoms with Crippen molar-refractivity contribution < 1.29 is 4.79 Å². The second-order valence-electron chi connectivity index (χ2n) is 4.33. The van der Waals surface area contributed by atoms with Crippen LogP contribution in [0, 0.1) is 6.92 Å². The minimum absolute atomic E-state index is 0.0850. The first-order chi connectivity index (χ1) is 9.56. The van der Waals surface area contributed by atoms with E-state index in [2.05, 4.69) is 5.32 Å². The highest BCUT2D eigenvalue weighted by Gasteiger charge is 2.07. The molecule has 104 valence electrons. The van der Waals surface area contributed by atoms with E-state index in [9.17, 15) is 4.79 Å². The molecule has 2 rings (SSSR count). The van der Waals surface area contributed by atoms with Crippen LogP contribution in [0.1, 0.15) is 5.56 Å². The molecular formula is C15H15ClN2OS. The molecule has 3 N–H and O–H groups in total. The molecule has 5 heteroatoms. The fourth-order valence-electron chi connectivity index (χ4n) is 1.69. The number of carbonyl (C=O) groups is 1. The molecule has 0 atom stereocenters. The van der Waals surface area contributed by atoms with Crippen molar-refractivity contribution in [2.75, 3.05) is 16.8 Å². The smallest absolute Gasteiger partial charge is 0.234 e. The number of nitrogens with two attached hydrogens (primary N) is 1. The zero-order valence-electron chi connectivity index (χ0n) is 11.0. The molecule has 0 saturated heterocycles. The first-order valence-corrected chi connectivity index (χ1v) is 7.46. The number of hydrogen-bond acceptors (Lipinski definition) is 3. The SMILES string of the molecule is Cc1cccc(SCC(=O)Nc2cccc(Cl)c2)c1N. The van der Waals surface area contributed by atoms with Gasteiger partial charge in [0.05, 0.1) is 5.75 Å². The Morgan fingerprint density at radius 1 is 1.30 bits per heavy atom. The fourth-order valence-corrected chi connectivity index (χ4v) is 2.73. The minimum Gasteiger partial charge on any atom is -0.398 e. The number of nitrogen functional groups attached to an aromatic ring is 1. The number of carbonyl (C=O) groups excluding carboxylic acids is 1. The van der Waals surface area contributed by atoms with Gasteiger partial charge in [0.1, 0.15) is 0 Å². The molecule has 0 heterocycles. The number of benzene rings is 2. The lowest BCUT2D eigenvalue weighted by atomic mass is 10.2. The molecule has 0 radical (unpaired) electrons. The Kier molecular flexibility index (Phi) is 4.93. The van der Waals surface area contributed by atoms with Gasteiger partial charge in [0.25, 0.3) is 0 Å². The highest BCUT2D eigenvalue weighted by atomic mass is 35.5. The van der Waals surface area contributed by atoms with Gasteiger partial charge >= 0.3 is 0 Å². The van der Waals surface area contributed by atoms with Crippen molar-refractivity contribution in [2.45, 2.75) is 11.8 Å². The van der Waals surface area contributed by atoms with Gasteiger partial charge in [-0.25, -0.2) is 0 Å². The van der Waals surface area contributed by atoms with Gasteiger partial charge in [0.2, 0.25) is 5.91 Å². The molecule has 0 aliphatic rings. The maximum atomic E-state index is 11.9. The number of thioether (sulfide) groups is 1. The summed E-state index contributed by atoms with van der Waals surface area (Å²) in [5.74, 6) is 0.221. The van der Waals surface area contributed by atoms with E-state index in [0.717, 1.165) is 16.1 Å². The summed E-state index contributed by atoms with van der Waals surface area (Å²) in [5, 5.41) is 3.40. The van der Waals surface area contributed by atoms with Crippen LogP contribution in [0.4, 0.5) is 11.4 Å². The monoisotopic (exact) mass is 306 g/mol. The van der Waals surface area contributed by atoms with E-state index in [1.165, 1.54) is 11.8 Å². The third-order valence-electron chi connectivity index (χ3n) is 2.75. The number of rotatable bonds is 4. The highest BCUT2D eigenvalue weighted by Crippen LogP contribution is 2.27. The second-order valence-corrected chi connectivity index (χ2v) is 5.79. The summed E-state index contributed by atoms with van der Waals surface area (Å²) in [5.41, 5.74) is 8.41. The van der Waals surface area contributed by atoms with Crippen molar-refractivity contribution in [3.8, 4) is 0 Å². The quantitative estimate of drug-likeness (QED) is 0.664. The number of halogens is 1. The van der Waals surface area contributed by atoms with E-state index >= 15 is 0 Å². The lowest BCUT2D eigenvalue weighted by Gasteiger charge is -2.08. The maximum absolute atomic E-state index is 11.9. The van der Waals surface area contributed by atoms with Gasteiger partial charge in [0, 0.05) is 21.3 Å². The largest absolute Gasteiger partial charge is 0.398 e. The predicted molar refractivity (Wildman–Crippen MR) is 86.4 cm³/mol. The first-order valence-electron chi connectivity index (χ1n) is 6.09. The van der Waals surface area contributed by atoms with Crippen molar-refractivity contribution in [1.82, 2.24) is 0 Å². The fraction of sp³-hybridized carbons (Fsp3) is 0.133. The zero-order chi connectivity index (χ0) is 14.5. The number of nitrogens with one attached hydrogen (secondary N) is 1. The third-order valence-corrected chi connectivity index (χ3v) is 4.06. The number of anilines is 2. The van der Waals surface area contributed by atoms with Crippen LogP contribution >= 0.6 is 23.4 Å². The van der Waals surface area contributed by atoms with Crippen molar-refractivity contribution in [3.05, 3.63) is 53.1 Å². The molecule has 0 fully saturated rings. The molecule has 0 spiro atoms. The van der Waals surface area contributed by atoms with Gasteiger partial charge in [-0.05, 0) is 36.8 Å². The second kappa shape index (κ2) is 6.68. The lowest BCUT2D eigenvalue weighted by molar-refractivity contribution is -0.113. The van der Waals surface area contributed by atoms with E-state index in [-0.39, 0.29) is 5.91 Å². The molecule has 0 bridgehead atoms. The minimum atomic E-state index is -0.0850. The third kappa shape index (κ3) is 3.92. The Bertz CT molecular complexity index is 631. The molecule has 1 amide bonds. The first kappa shape index (κ1) is 14.8. The molecule has 0 saturated carbocycles. The highest BCUT2D eigenvalue weighted by molar-refractivity contribution is 8.00. The molecule has 3 nitrogen and oxygen atoms in total. The molecule has 0 unspecified atom stereocenters. The van der Waals surface area contributed by atoms with Crippen molar-refractivity contribution in [3.63, 3.8) is 0 Å². The molecule has 20 heavy (non-hydrogen) atoms. The summed E-state index contributed by atoms with van der Waals surface area (Å²) >= 11 is 7.29. The van der Waals surface area contributed by atoms with E-state index in [1.807, 2.05) is 25.1 Å². The topological polar surface area (TPSA) is 55.1 Å². The van der Waals surface area contributed by atoms with Crippen LogP contribution in [0.3, 0.4) is 0 Å². The van der Waals surface area contributed by atoms with E-state index in [0.29, 0.717) is 16.5 Å². The van der Waals surface area contributed by atoms with Crippen LogP contribution in [0.15, 0.2) is 47.4 Å². The van der Waals surface area contributed by atoms with Crippen LogP contribution in [-0.2, 0) is 4.79 Å². The number of aryl methyl sites for hydroxylation is 1. The Hall–Kier alpha value is -1.65. The van der Waals surface area contributed by atoms with Crippen molar-refractivity contribution in [1.29, 1.82) is 0 Å². The van der Waals surface area contributed by atoms with Gasteiger partial charge < -0.3 is 11.1 Å². The van der Waals surface area contributed by atoms with Crippen molar-refractivity contribution in [2.24, 2.45) is 0 Å². The Labute approximate surface area is 127 Å². The summed E-state index contributed by atoms with van der Waals surface area (Å²) < 4.78 is 0. The molecule has 0 aromatic heterocycles. The summed E-state index contributed by atoms with van der Waals surface area (Å²) in [7, 11) is 0. The van der Waals surface area contributed by atoms with E-state index in [1.54, 1.807) is 24.3 Å². The van der Waals surface area contributed by atoms with Crippen LogP contribution in [0.2, 0.25) is 5.02 Å². The Balaban J connectivity index is 1.94. The maximum Gasteiger partial charge on any atom is 0.234 e. The van der Waals surface area contributed by atoms with Crippen LogP contribution in [-0.4, -0.2) is 11.7 Å². The van der Waals surface area contributed by atoms with Gasteiger partial charge in [-0.3, -0.25) is 4.79 Å². The Morgan fingerprint density at radius 3 is 2.80 bits per heavy atom. The Morgan fingerprint density at radius 2 is 2.05 bits per heavy atom. The summed E-state index contributed by atoms with van der Waals surface area (Å²) in [6, 6.07) is 12.9. The average molecular weight is 307 g/mol. The number of para-hydroxylation sites is 1. The van der Waals surface area contributed by atoms with Gasteiger partial charge in [-0.2, -0.15) is 0 Å². The summed E-state index contributed by atoms with van der Waals surface area (Å²) in [4.78, 5) is 12.8. The molecule has 2 aromatic carbocycles.